The van der Waals surface area contributed by atoms with Gasteiger partial charge in [0.15, 0.2) is 0 Å². The molecule has 0 N–H and O–H groups in total. The van der Waals surface area contributed by atoms with Crippen molar-refractivity contribution in [3.63, 3.8) is 0 Å². The molecule has 0 unspecified atom stereocenters. The lowest BCUT2D eigenvalue weighted by atomic mass is 9.89. The van der Waals surface area contributed by atoms with Crippen molar-refractivity contribution < 1.29 is 14.0 Å². The van der Waals surface area contributed by atoms with E-state index in [9.17, 15) is 0 Å². The summed E-state index contributed by atoms with van der Waals surface area (Å²) >= 11 is 0. The summed E-state index contributed by atoms with van der Waals surface area (Å²) in [6.07, 6.45) is 1.99. The third-order valence-corrected chi connectivity index (χ3v) is 3.81. The Kier molecular flexibility index (Phi) is 3.74. The molecule has 1 aromatic rings. The van der Waals surface area contributed by atoms with Gasteiger partial charge in [-0.25, -0.2) is 0 Å². The van der Waals surface area contributed by atoms with Gasteiger partial charge in [0.2, 0.25) is 0 Å². The molecule has 1 aliphatic rings. The molecule has 0 spiro atoms. The largest absolute Gasteiger partial charge is 0.497 e. The Morgan fingerprint density at radius 2 is 1.74 bits per heavy atom. The first kappa shape index (κ1) is 14.2. The van der Waals surface area contributed by atoms with Crippen molar-refractivity contribution in [1.29, 1.82) is 0 Å². The van der Waals surface area contributed by atoms with Gasteiger partial charge in [-0.3, -0.25) is 0 Å². The summed E-state index contributed by atoms with van der Waals surface area (Å²) < 4.78 is 17.0. The first-order chi connectivity index (χ1) is 8.84. The minimum atomic E-state index is -0.309. The Morgan fingerprint density at radius 1 is 1.11 bits per heavy atom. The highest BCUT2D eigenvalue weighted by molar-refractivity contribution is 6.52. The second kappa shape index (κ2) is 5.02. The van der Waals surface area contributed by atoms with E-state index in [1.54, 1.807) is 7.11 Å². The zero-order chi connectivity index (χ0) is 14.1. The van der Waals surface area contributed by atoms with Gasteiger partial charge in [0.05, 0.1) is 18.3 Å². The van der Waals surface area contributed by atoms with E-state index in [1.165, 1.54) is 0 Å². The van der Waals surface area contributed by atoms with Crippen molar-refractivity contribution in [3.8, 4) is 5.75 Å². The topological polar surface area (TPSA) is 27.7 Å². The van der Waals surface area contributed by atoms with Crippen LogP contribution >= 0.6 is 0 Å². The molecular formula is C15H21BO3. The number of benzene rings is 1. The Morgan fingerprint density at radius 3 is 2.32 bits per heavy atom. The van der Waals surface area contributed by atoms with E-state index in [0.29, 0.717) is 0 Å². The molecule has 1 saturated heterocycles. The first-order valence-electron chi connectivity index (χ1n) is 6.52. The predicted octanol–water partition coefficient (Wildman–Crippen LogP) is 3.34. The minimum Gasteiger partial charge on any atom is -0.497 e. The molecule has 0 aliphatic carbocycles. The predicted molar refractivity (Wildman–Crippen MR) is 78.1 cm³/mol. The lowest BCUT2D eigenvalue weighted by molar-refractivity contribution is 0.00578. The summed E-state index contributed by atoms with van der Waals surface area (Å²) in [5.41, 5.74) is 0.473. The molecule has 2 rings (SSSR count). The molecule has 3 nitrogen and oxygen atoms in total. The number of rotatable bonds is 3. The van der Waals surface area contributed by atoms with Crippen LogP contribution in [0, 0.1) is 0 Å². The molecule has 0 aromatic heterocycles. The quantitative estimate of drug-likeness (QED) is 0.780. The van der Waals surface area contributed by atoms with Crippen LogP contribution in [0.1, 0.15) is 33.3 Å². The van der Waals surface area contributed by atoms with Crippen molar-refractivity contribution in [2.24, 2.45) is 0 Å². The molecular weight excluding hydrogens is 239 g/mol. The van der Waals surface area contributed by atoms with E-state index in [4.69, 9.17) is 14.0 Å². The summed E-state index contributed by atoms with van der Waals surface area (Å²) in [6.45, 7) is 8.19. The molecule has 1 aromatic carbocycles. The number of ether oxygens (including phenoxy) is 1. The smallest absolute Gasteiger partial charge is 0.487 e. The third kappa shape index (κ3) is 3.02. The fourth-order valence-electron chi connectivity index (χ4n) is 1.90. The highest BCUT2D eigenvalue weighted by Gasteiger charge is 2.49. The molecule has 0 bridgehead atoms. The normalized spacial score (nSPS) is 21.0. The van der Waals surface area contributed by atoms with Crippen LogP contribution in [0.15, 0.2) is 30.2 Å². The van der Waals surface area contributed by atoms with E-state index >= 15 is 0 Å². The Hall–Kier alpha value is -1.26. The van der Waals surface area contributed by atoms with Crippen molar-refractivity contribution >= 4 is 13.2 Å². The zero-order valence-corrected chi connectivity index (χ0v) is 12.3. The number of methoxy groups -OCH3 is 1. The highest BCUT2D eigenvalue weighted by atomic mass is 16.7. The molecule has 0 atom stereocenters. The molecule has 4 heteroatoms. The summed E-state index contributed by atoms with van der Waals surface area (Å²) in [7, 11) is 1.35. The standard InChI is InChI=1S/C15H21BO3/c1-14(2)15(3,4)19-16(18-14)10-9-12-7-6-8-13(11-12)17-5/h6-11H,1-5H3. The van der Waals surface area contributed by atoms with Crippen molar-refractivity contribution in [2.45, 2.75) is 38.9 Å². The van der Waals surface area contributed by atoms with Gasteiger partial charge in [-0.05, 0) is 45.4 Å². The summed E-state index contributed by atoms with van der Waals surface area (Å²) in [4.78, 5) is 0. The van der Waals surface area contributed by atoms with Gasteiger partial charge in [-0.15, -0.1) is 0 Å². The van der Waals surface area contributed by atoms with Gasteiger partial charge in [0.1, 0.15) is 5.75 Å². The first-order valence-corrected chi connectivity index (χ1v) is 6.52. The minimum absolute atomic E-state index is 0.295. The van der Waals surface area contributed by atoms with Crippen molar-refractivity contribution in [2.75, 3.05) is 7.11 Å². The fourth-order valence-corrected chi connectivity index (χ4v) is 1.90. The van der Waals surface area contributed by atoms with E-state index in [0.717, 1.165) is 11.3 Å². The van der Waals surface area contributed by atoms with Crippen LogP contribution in [0.5, 0.6) is 5.75 Å². The Bertz CT molecular complexity index is 464. The average molecular weight is 260 g/mol. The molecule has 19 heavy (non-hydrogen) atoms. The van der Waals surface area contributed by atoms with Gasteiger partial charge < -0.3 is 14.0 Å². The van der Waals surface area contributed by atoms with Crippen LogP contribution in [-0.4, -0.2) is 25.4 Å². The van der Waals surface area contributed by atoms with Gasteiger partial charge in [-0.1, -0.05) is 24.2 Å². The van der Waals surface area contributed by atoms with Gasteiger partial charge in [-0.2, -0.15) is 0 Å². The van der Waals surface area contributed by atoms with Crippen LogP contribution in [0.25, 0.3) is 6.08 Å². The summed E-state index contributed by atoms with van der Waals surface area (Å²) in [5.74, 6) is 2.78. The number of hydrogen-bond acceptors (Lipinski definition) is 3. The zero-order valence-electron chi connectivity index (χ0n) is 12.3. The van der Waals surface area contributed by atoms with E-state index in [-0.39, 0.29) is 18.3 Å². The summed E-state index contributed by atoms with van der Waals surface area (Å²) in [6, 6.07) is 7.88. The van der Waals surface area contributed by atoms with Crippen molar-refractivity contribution in [1.82, 2.24) is 0 Å². The van der Waals surface area contributed by atoms with Crippen LogP contribution in [0.3, 0.4) is 0 Å². The van der Waals surface area contributed by atoms with Crippen LogP contribution < -0.4 is 4.74 Å². The molecule has 0 saturated carbocycles. The number of hydrogen-bond donors (Lipinski definition) is 0. The lowest BCUT2D eigenvalue weighted by Gasteiger charge is -2.32. The van der Waals surface area contributed by atoms with Crippen LogP contribution in [-0.2, 0) is 9.31 Å². The SMILES string of the molecule is COc1cccc(C=CB2OC(C)(C)C(C)(C)O2)c1. The van der Waals surface area contributed by atoms with Crippen molar-refractivity contribution in [3.05, 3.63) is 35.8 Å². The molecule has 1 heterocycles. The molecule has 102 valence electrons. The van der Waals surface area contributed by atoms with E-state index in [1.807, 2.05) is 64.0 Å². The maximum Gasteiger partial charge on any atom is 0.487 e. The molecule has 1 aliphatic heterocycles. The van der Waals surface area contributed by atoms with Crippen LogP contribution in [0.4, 0.5) is 0 Å². The maximum absolute atomic E-state index is 5.90. The lowest BCUT2D eigenvalue weighted by Crippen LogP contribution is -2.41. The van der Waals surface area contributed by atoms with E-state index < -0.39 is 0 Å². The fraction of sp³-hybridized carbons (Fsp3) is 0.467. The Labute approximate surface area is 115 Å². The van der Waals surface area contributed by atoms with Gasteiger partial charge >= 0.3 is 7.12 Å². The third-order valence-electron chi connectivity index (χ3n) is 3.81. The average Bonchev–Trinajstić information content (AvgIpc) is 2.56. The van der Waals surface area contributed by atoms with E-state index in [2.05, 4.69) is 0 Å². The second-order valence-electron chi connectivity index (χ2n) is 5.76. The van der Waals surface area contributed by atoms with Crippen LogP contribution in [0.2, 0.25) is 0 Å². The molecule has 0 amide bonds. The molecule has 1 fully saturated rings. The second-order valence-corrected chi connectivity index (χ2v) is 5.76. The van der Waals surface area contributed by atoms with Gasteiger partial charge in [0, 0.05) is 0 Å². The van der Waals surface area contributed by atoms with Gasteiger partial charge in [0.25, 0.3) is 0 Å². The monoisotopic (exact) mass is 260 g/mol. The molecule has 0 radical (unpaired) electrons. The maximum atomic E-state index is 5.90. The Balaban J connectivity index is 2.08. The summed E-state index contributed by atoms with van der Waals surface area (Å²) in [5, 5.41) is 0. The highest BCUT2D eigenvalue weighted by Crippen LogP contribution is 2.37.